The predicted octanol–water partition coefficient (Wildman–Crippen LogP) is 5.93. The van der Waals surface area contributed by atoms with Crippen LogP contribution >= 0.6 is 0 Å². The molecule has 32 heavy (non-hydrogen) atoms. The first-order valence-corrected chi connectivity index (χ1v) is 10.3. The molecule has 0 N–H and O–H groups in total. The van der Waals surface area contributed by atoms with Crippen molar-refractivity contribution in [2.45, 2.75) is 0 Å². The third kappa shape index (κ3) is 4.23. The fourth-order valence-electron chi connectivity index (χ4n) is 3.46. The van der Waals surface area contributed by atoms with E-state index in [-0.39, 0.29) is 0 Å². The molecule has 0 spiro atoms. The molecular formula is C27H20N4O. The third-order valence-electron chi connectivity index (χ3n) is 5.09. The van der Waals surface area contributed by atoms with Gasteiger partial charge in [0.05, 0.1) is 24.2 Å². The second-order valence-electron chi connectivity index (χ2n) is 7.24. The highest BCUT2D eigenvalue weighted by Crippen LogP contribution is 2.24. The lowest BCUT2D eigenvalue weighted by atomic mass is 10.1. The van der Waals surface area contributed by atoms with Crippen molar-refractivity contribution >= 4 is 22.9 Å². The summed E-state index contributed by atoms with van der Waals surface area (Å²) in [6.07, 6.45) is 7.55. The van der Waals surface area contributed by atoms with Gasteiger partial charge in [-0.05, 0) is 70.9 Å². The summed E-state index contributed by atoms with van der Waals surface area (Å²) in [5.74, 6) is 1.42. The number of nitrogens with zero attached hydrogens (tertiary/aromatic N) is 4. The number of aromatic nitrogens is 4. The molecule has 0 aliphatic carbocycles. The molecule has 0 atom stereocenters. The van der Waals surface area contributed by atoms with Gasteiger partial charge in [-0.1, -0.05) is 36.4 Å². The van der Waals surface area contributed by atoms with Crippen LogP contribution in [0, 0.1) is 0 Å². The van der Waals surface area contributed by atoms with Gasteiger partial charge in [0.2, 0.25) is 0 Å². The minimum absolute atomic E-state index is 0.569. The summed E-state index contributed by atoms with van der Waals surface area (Å²) < 4.78 is 5.31. The lowest BCUT2D eigenvalue weighted by molar-refractivity contribution is 0.415. The molecule has 5 aromatic rings. The Kier molecular flexibility index (Phi) is 5.37. The lowest BCUT2D eigenvalue weighted by Gasteiger charge is -2.06. The van der Waals surface area contributed by atoms with E-state index in [0.29, 0.717) is 5.82 Å². The average Bonchev–Trinajstić information content (AvgIpc) is 2.88. The normalized spacial score (nSPS) is 11.2. The van der Waals surface area contributed by atoms with Gasteiger partial charge in [-0.3, -0.25) is 9.97 Å². The van der Waals surface area contributed by atoms with Gasteiger partial charge in [0.1, 0.15) is 11.4 Å². The van der Waals surface area contributed by atoms with E-state index < -0.39 is 0 Å². The molecule has 5 heteroatoms. The van der Waals surface area contributed by atoms with Crippen molar-refractivity contribution in [3.05, 3.63) is 103 Å². The van der Waals surface area contributed by atoms with Crippen molar-refractivity contribution in [2.75, 3.05) is 7.11 Å². The Balaban J connectivity index is 1.53. The zero-order chi connectivity index (χ0) is 21.8. The van der Waals surface area contributed by atoms with Crippen molar-refractivity contribution in [3.8, 4) is 28.7 Å². The number of methoxy groups -OCH3 is 1. The predicted molar refractivity (Wildman–Crippen MR) is 128 cm³/mol. The summed E-state index contributed by atoms with van der Waals surface area (Å²) in [6.45, 7) is 0. The Morgan fingerprint density at radius 1 is 0.656 bits per heavy atom. The molecule has 0 bridgehead atoms. The number of fused-ring (bicyclic) bond motifs is 1. The van der Waals surface area contributed by atoms with E-state index in [9.17, 15) is 0 Å². The van der Waals surface area contributed by atoms with Crippen molar-refractivity contribution < 1.29 is 4.74 Å². The zero-order valence-electron chi connectivity index (χ0n) is 17.5. The Hall–Kier alpha value is -4.38. The van der Waals surface area contributed by atoms with Gasteiger partial charge >= 0.3 is 0 Å². The highest BCUT2D eigenvalue weighted by molar-refractivity contribution is 5.87. The molecule has 0 fully saturated rings. The van der Waals surface area contributed by atoms with Crippen molar-refractivity contribution in [1.29, 1.82) is 0 Å². The average molecular weight is 416 g/mol. The number of benzene rings is 2. The van der Waals surface area contributed by atoms with Crippen molar-refractivity contribution in [2.24, 2.45) is 0 Å². The second-order valence-corrected chi connectivity index (χ2v) is 7.24. The Labute approximate surface area is 186 Å². The SMILES string of the molecule is COc1ccc2cc(/C=C/c3cc(-c4ccccn4)nc(-c4ccccn4)n3)ccc2c1. The van der Waals surface area contributed by atoms with Gasteiger partial charge in [-0.15, -0.1) is 0 Å². The summed E-state index contributed by atoms with van der Waals surface area (Å²) >= 11 is 0. The van der Waals surface area contributed by atoms with Gasteiger partial charge in [0.25, 0.3) is 0 Å². The molecule has 0 unspecified atom stereocenters. The molecule has 3 heterocycles. The van der Waals surface area contributed by atoms with E-state index in [1.807, 2.05) is 60.7 Å². The summed E-state index contributed by atoms with van der Waals surface area (Å²) in [6, 6.07) is 25.8. The minimum atomic E-state index is 0.569. The summed E-state index contributed by atoms with van der Waals surface area (Å²) in [7, 11) is 1.68. The molecule has 0 aliphatic heterocycles. The highest BCUT2D eigenvalue weighted by atomic mass is 16.5. The van der Waals surface area contributed by atoms with Crippen LogP contribution in [0.25, 0.3) is 45.8 Å². The van der Waals surface area contributed by atoms with Crippen LogP contribution in [0.3, 0.4) is 0 Å². The zero-order valence-corrected chi connectivity index (χ0v) is 17.5. The standard InChI is InChI=1S/C27H20N4O/c1-32-23-13-11-20-16-19(8-10-21(20)17-23)9-12-22-18-26(24-6-2-4-14-28-24)31-27(30-22)25-7-3-5-15-29-25/h2-18H,1H3/b12-9+. The smallest absolute Gasteiger partial charge is 0.179 e. The molecule has 3 aromatic heterocycles. The van der Waals surface area contributed by atoms with E-state index in [4.69, 9.17) is 14.7 Å². The van der Waals surface area contributed by atoms with E-state index in [2.05, 4.69) is 40.3 Å². The first-order valence-electron chi connectivity index (χ1n) is 10.3. The maximum Gasteiger partial charge on any atom is 0.179 e. The molecule has 0 saturated carbocycles. The molecular weight excluding hydrogens is 396 g/mol. The molecule has 5 nitrogen and oxygen atoms in total. The quantitative estimate of drug-likeness (QED) is 0.355. The van der Waals surface area contributed by atoms with Crippen LogP contribution in [0.5, 0.6) is 5.75 Å². The van der Waals surface area contributed by atoms with E-state index in [1.54, 1.807) is 19.5 Å². The van der Waals surface area contributed by atoms with Crippen LogP contribution < -0.4 is 4.74 Å². The van der Waals surface area contributed by atoms with Crippen LogP contribution in [0.15, 0.2) is 91.3 Å². The van der Waals surface area contributed by atoms with Gasteiger partial charge < -0.3 is 4.74 Å². The van der Waals surface area contributed by atoms with Crippen molar-refractivity contribution in [3.63, 3.8) is 0 Å². The fraction of sp³-hybridized carbons (Fsp3) is 0.0370. The number of ether oxygens (including phenoxy) is 1. The topological polar surface area (TPSA) is 60.8 Å². The number of rotatable bonds is 5. The lowest BCUT2D eigenvalue weighted by Crippen LogP contribution is -1.97. The van der Waals surface area contributed by atoms with E-state index >= 15 is 0 Å². The van der Waals surface area contributed by atoms with Crippen molar-refractivity contribution in [1.82, 2.24) is 19.9 Å². The minimum Gasteiger partial charge on any atom is -0.497 e. The summed E-state index contributed by atoms with van der Waals surface area (Å²) in [5, 5.41) is 2.29. The monoisotopic (exact) mass is 416 g/mol. The molecule has 0 aliphatic rings. The van der Waals surface area contributed by atoms with Gasteiger partial charge in [0.15, 0.2) is 5.82 Å². The maximum absolute atomic E-state index is 5.31. The third-order valence-corrected chi connectivity index (χ3v) is 5.09. The van der Waals surface area contributed by atoms with Gasteiger partial charge in [-0.2, -0.15) is 0 Å². The Bertz CT molecular complexity index is 1340. The molecule has 2 aromatic carbocycles. The largest absolute Gasteiger partial charge is 0.497 e. The highest BCUT2D eigenvalue weighted by Gasteiger charge is 2.09. The van der Waals surface area contributed by atoms with Gasteiger partial charge in [0, 0.05) is 12.4 Å². The fourth-order valence-corrected chi connectivity index (χ4v) is 3.46. The van der Waals surface area contributed by atoms with Crippen LogP contribution in [0.1, 0.15) is 11.3 Å². The van der Waals surface area contributed by atoms with Crippen LogP contribution in [-0.4, -0.2) is 27.0 Å². The molecule has 0 amide bonds. The molecule has 0 saturated heterocycles. The number of hydrogen-bond acceptors (Lipinski definition) is 5. The van der Waals surface area contributed by atoms with E-state index in [1.165, 1.54) is 0 Å². The molecule has 5 rings (SSSR count). The van der Waals surface area contributed by atoms with Gasteiger partial charge in [-0.25, -0.2) is 9.97 Å². The summed E-state index contributed by atoms with van der Waals surface area (Å²) in [5.41, 5.74) is 4.14. The first kappa shape index (κ1) is 19.6. The van der Waals surface area contributed by atoms with E-state index in [0.717, 1.165) is 44.9 Å². The van der Waals surface area contributed by atoms with Crippen LogP contribution in [0.4, 0.5) is 0 Å². The number of hydrogen-bond donors (Lipinski definition) is 0. The first-order chi connectivity index (χ1) is 15.8. The Morgan fingerprint density at radius 2 is 1.41 bits per heavy atom. The maximum atomic E-state index is 5.31. The Morgan fingerprint density at radius 3 is 2.16 bits per heavy atom. The second kappa shape index (κ2) is 8.78. The number of pyridine rings is 2. The molecule has 0 radical (unpaired) electrons. The van der Waals surface area contributed by atoms with Crippen LogP contribution in [-0.2, 0) is 0 Å². The van der Waals surface area contributed by atoms with Crippen LogP contribution in [0.2, 0.25) is 0 Å². The summed E-state index contributed by atoms with van der Waals surface area (Å²) in [4.78, 5) is 18.3. The molecule has 154 valence electrons.